The molecule has 0 radical (unpaired) electrons. The Morgan fingerprint density at radius 3 is 2.44 bits per heavy atom. The van der Waals surface area contributed by atoms with E-state index < -0.39 is 0 Å². The van der Waals surface area contributed by atoms with Gasteiger partial charge in [0.25, 0.3) is 0 Å². The first-order chi connectivity index (χ1) is 8.67. The topological polar surface area (TPSA) is 50.8 Å². The number of carbonyl (C=O) groups excluding carboxylic acids is 1. The molecule has 1 N–H and O–H groups in total. The monoisotopic (exact) mass is 258 g/mol. The van der Waals surface area contributed by atoms with Crippen molar-refractivity contribution in [3.63, 3.8) is 0 Å². The minimum atomic E-state index is -0.353. The molecule has 5 heteroatoms. The van der Waals surface area contributed by atoms with Gasteiger partial charge in [0.15, 0.2) is 6.29 Å². The molecular formula is C13H26N2O3. The Bertz CT molecular complexity index is 238. The molecule has 1 saturated carbocycles. The van der Waals surface area contributed by atoms with E-state index in [4.69, 9.17) is 9.47 Å². The fraction of sp³-hybridized carbons (Fsp3) is 0.923. The van der Waals surface area contributed by atoms with E-state index in [1.807, 2.05) is 0 Å². The molecular weight excluding hydrogens is 232 g/mol. The normalized spacial score (nSPS) is 17.1. The van der Waals surface area contributed by atoms with Gasteiger partial charge in [0, 0.05) is 27.3 Å². The lowest BCUT2D eigenvalue weighted by Gasteiger charge is -2.25. The number of hydrogen-bond acceptors (Lipinski definition) is 4. The molecule has 0 saturated heterocycles. The number of nitrogens with one attached hydrogen (secondary N) is 1. The van der Waals surface area contributed by atoms with Gasteiger partial charge in [-0.2, -0.15) is 0 Å². The van der Waals surface area contributed by atoms with E-state index >= 15 is 0 Å². The van der Waals surface area contributed by atoms with Crippen LogP contribution in [0.2, 0.25) is 0 Å². The van der Waals surface area contributed by atoms with Gasteiger partial charge in [0.05, 0.1) is 13.1 Å². The van der Waals surface area contributed by atoms with Crippen LogP contribution in [0, 0.1) is 0 Å². The van der Waals surface area contributed by atoms with Crippen molar-refractivity contribution in [2.45, 2.75) is 44.4 Å². The van der Waals surface area contributed by atoms with Crippen LogP contribution >= 0.6 is 0 Å². The quantitative estimate of drug-likeness (QED) is 0.692. The molecule has 106 valence electrons. The van der Waals surface area contributed by atoms with Crippen LogP contribution in [-0.4, -0.2) is 57.5 Å². The molecule has 0 spiro atoms. The van der Waals surface area contributed by atoms with Gasteiger partial charge in [-0.25, -0.2) is 0 Å². The summed E-state index contributed by atoms with van der Waals surface area (Å²) in [6.45, 7) is 0.861. The summed E-state index contributed by atoms with van der Waals surface area (Å²) >= 11 is 0. The highest BCUT2D eigenvalue weighted by Crippen LogP contribution is 2.17. The summed E-state index contributed by atoms with van der Waals surface area (Å²) in [6.07, 6.45) is 5.91. The van der Waals surface area contributed by atoms with Crippen LogP contribution in [0.5, 0.6) is 0 Å². The van der Waals surface area contributed by atoms with Crippen molar-refractivity contribution in [1.29, 1.82) is 0 Å². The van der Waals surface area contributed by atoms with Crippen molar-refractivity contribution >= 4 is 5.91 Å². The zero-order valence-corrected chi connectivity index (χ0v) is 11.8. The standard InChI is InChI=1S/C13H26N2O3/c1-15(10-13(17-2)18-3)12(16)9-14-11-7-5-4-6-8-11/h11,13-14H,4-10H2,1-3H3. The average molecular weight is 258 g/mol. The molecule has 0 aromatic heterocycles. The largest absolute Gasteiger partial charge is 0.354 e. The molecule has 18 heavy (non-hydrogen) atoms. The van der Waals surface area contributed by atoms with Crippen LogP contribution < -0.4 is 5.32 Å². The fourth-order valence-corrected chi connectivity index (χ4v) is 2.24. The van der Waals surface area contributed by atoms with Crippen molar-refractivity contribution in [2.75, 3.05) is 34.4 Å². The lowest BCUT2D eigenvalue weighted by Crippen LogP contribution is -2.43. The molecule has 1 amide bonds. The fourth-order valence-electron chi connectivity index (χ4n) is 2.24. The maximum atomic E-state index is 11.9. The summed E-state index contributed by atoms with van der Waals surface area (Å²) in [5.74, 6) is 0.0830. The summed E-state index contributed by atoms with van der Waals surface area (Å²) in [6, 6.07) is 0.511. The van der Waals surface area contributed by atoms with Gasteiger partial charge in [-0.1, -0.05) is 19.3 Å². The number of methoxy groups -OCH3 is 2. The second-order valence-corrected chi connectivity index (χ2v) is 4.89. The zero-order valence-electron chi connectivity index (χ0n) is 11.8. The number of rotatable bonds is 7. The third-order valence-electron chi connectivity index (χ3n) is 3.52. The first kappa shape index (κ1) is 15.4. The van der Waals surface area contributed by atoms with E-state index in [1.54, 1.807) is 26.2 Å². The third kappa shape index (κ3) is 5.33. The van der Waals surface area contributed by atoms with E-state index in [1.165, 1.54) is 32.1 Å². The summed E-state index contributed by atoms with van der Waals surface area (Å²) < 4.78 is 10.2. The van der Waals surface area contributed by atoms with Crippen molar-refractivity contribution in [3.8, 4) is 0 Å². The first-order valence-electron chi connectivity index (χ1n) is 6.70. The van der Waals surface area contributed by atoms with E-state index in [0.717, 1.165) is 0 Å². The lowest BCUT2D eigenvalue weighted by molar-refractivity contribution is -0.142. The first-order valence-corrected chi connectivity index (χ1v) is 6.70. The van der Waals surface area contributed by atoms with Crippen molar-refractivity contribution < 1.29 is 14.3 Å². The van der Waals surface area contributed by atoms with Crippen LogP contribution in [0.15, 0.2) is 0 Å². The molecule has 1 aliphatic rings. The number of ether oxygens (including phenoxy) is 2. The summed E-state index contributed by atoms with van der Waals surface area (Å²) in [5.41, 5.74) is 0. The molecule has 1 rings (SSSR count). The Hall–Kier alpha value is -0.650. The van der Waals surface area contributed by atoms with Crippen LogP contribution in [0.3, 0.4) is 0 Å². The summed E-state index contributed by atoms with van der Waals surface area (Å²) in [7, 11) is 4.93. The predicted octanol–water partition coefficient (Wildman–Crippen LogP) is 0.986. The SMILES string of the molecule is COC(CN(C)C(=O)CNC1CCCCC1)OC. The van der Waals surface area contributed by atoms with Crippen LogP contribution in [0.25, 0.3) is 0 Å². The Morgan fingerprint density at radius 1 is 1.28 bits per heavy atom. The second-order valence-electron chi connectivity index (χ2n) is 4.89. The maximum absolute atomic E-state index is 11.9. The number of likely N-dealkylation sites (N-methyl/N-ethyl adjacent to an activating group) is 1. The van der Waals surface area contributed by atoms with Gasteiger partial charge in [-0.15, -0.1) is 0 Å². The summed E-state index contributed by atoms with van der Waals surface area (Å²) in [5, 5.41) is 3.34. The maximum Gasteiger partial charge on any atom is 0.236 e. The van der Waals surface area contributed by atoms with E-state index in [-0.39, 0.29) is 12.2 Å². The molecule has 0 aromatic carbocycles. The average Bonchev–Trinajstić information content (AvgIpc) is 2.42. The number of amides is 1. The predicted molar refractivity (Wildman–Crippen MR) is 70.3 cm³/mol. The van der Waals surface area contributed by atoms with Gasteiger partial charge in [0.2, 0.25) is 5.91 Å². The highest BCUT2D eigenvalue weighted by molar-refractivity contribution is 5.78. The number of nitrogens with zero attached hydrogens (tertiary/aromatic N) is 1. The molecule has 0 unspecified atom stereocenters. The molecule has 0 bridgehead atoms. The van der Waals surface area contributed by atoms with Crippen LogP contribution in [0.4, 0.5) is 0 Å². The Balaban J connectivity index is 2.22. The van der Waals surface area contributed by atoms with Gasteiger partial charge >= 0.3 is 0 Å². The van der Waals surface area contributed by atoms with Crippen molar-refractivity contribution in [3.05, 3.63) is 0 Å². The smallest absolute Gasteiger partial charge is 0.236 e. The minimum absolute atomic E-state index is 0.0830. The van der Waals surface area contributed by atoms with Crippen molar-refractivity contribution in [2.24, 2.45) is 0 Å². The molecule has 0 aromatic rings. The molecule has 1 fully saturated rings. The zero-order chi connectivity index (χ0) is 13.4. The van der Waals surface area contributed by atoms with Crippen LogP contribution in [-0.2, 0) is 14.3 Å². The molecule has 0 heterocycles. The molecule has 1 aliphatic carbocycles. The highest BCUT2D eigenvalue weighted by atomic mass is 16.7. The van der Waals surface area contributed by atoms with Gasteiger partial charge in [-0.3, -0.25) is 4.79 Å². The van der Waals surface area contributed by atoms with Gasteiger partial charge in [0.1, 0.15) is 0 Å². The van der Waals surface area contributed by atoms with Gasteiger partial charge < -0.3 is 19.7 Å². The number of hydrogen-bond donors (Lipinski definition) is 1. The van der Waals surface area contributed by atoms with Crippen LogP contribution in [0.1, 0.15) is 32.1 Å². The minimum Gasteiger partial charge on any atom is -0.354 e. The highest BCUT2D eigenvalue weighted by Gasteiger charge is 2.17. The second kappa shape index (κ2) is 8.45. The Kier molecular flexibility index (Phi) is 7.23. The van der Waals surface area contributed by atoms with E-state index in [2.05, 4.69) is 5.32 Å². The molecule has 5 nitrogen and oxygen atoms in total. The Labute approximate surface area is 110 Å². The summed E-state index contributed by atoms with van der Waals surface area (Å²) in [4.78, 5) is 13.6. The Morgan fingerprint density at radius 2 is 1.89 bits per heavy atom. The molecule has 0 aliphatic heterocycles. The van der Waals surface area contributed by atoms with E-state index in [0.29, 0.717) is 19.1 Å². The van der Waals surface area contributed by atoms with E-state index in [9.17, 15) is 4.79 Å². The third-order valence-corrected chi connectivity index (χ3v) is 3.52. The van der Waals surface area contributed by atoms with Gasteiger partial charge in [-0.05, 0) is 12.8 Å². The lowest BCUT2D eigenvalue weighted by atomic mass is 9.95. The van der Waals surface area contributed by atoms with Crippen molar-refractivity contribution in [1.82, 2.24) is 10.2 Å². The number of carbonyl (C=O) groups is 1. The molecule has 0 atom stereocenters.